The Kier molecular flexibility index (Phi) is 8.74. The second-order valence-corrected chi connectivity index (χ2v) is 10.3. The van der Waals surface area contributed by atoms with Crippen molar-refractivity contribution in [2.45, 2.75) is 71.6 Å². The fourth-order valence-electron chi connectivity index (χ4n) is 4.53. The first-order chi connectivity index (χ1) is 17.5. The van der Waals surface area contributed by atoms with Gasteiger partial charge in [-0.25, -0.2) is 4.79 Å². The molecule has 0 bridgehead atoms. The summed E-state index contributed by atoms with van der Waals surface area (Å²) in [5.74, 6) is -0.539. The van der Waals surface area contributed by atoms with E-state index < -0.39 is 54.2 Å². The third-order valence-electron chi connectivity index (χ3n) is 6.06. The van der Waals surface area contributed by atoms with Gasteiger partial charge in [0.25, 0.3) is 0 Å². The van der Waals surface area contributed by atoms with Gasteiger partial charge in [-0.2, -0.15) is 26.3 Å². The number of amides is 2. The maximum absolute atomic E-state index is 13.4. The summed E-state index contributed by atoms with van der Waals surface area (Å²) in [4.78, 5) is 28.4. The lowest BCUT2D eigenvalue weighted by Crippen LogP contribution is -2.35. The minimum Gasteiger partial charge on any atom is -0.446 e. The van der Waals surface area contributed by atoms with E-state index in [1.165, 1.54) is 16.7 Å². The fraction of sp³-hybridized carbons (Fsp3) is 0.462. The van der Waals surface area contributed by atoms with Crippen LogP contribution in [0.2, 0.25) is 0 Å². The summed E-state index contributed by atoms with van der Waals surface area (Å²) in [5.41, 5.74) is -1.46. The van der Waals surface area contributed by atoms with Crippen LogP contribution in [0.4, 0.5) is 36.8 Å². The van der Waals surface area contributed by atoms with Crippen LogP contribution in [0.3, 0.4) is 0 Å². The molecule has 1 aliphatic rings. The van der Waals surface area contributed by atoms with Crippen molar-refractivity contribution in [2.24, 2.45) is 0 Å². The second-order valence-electron chi connectivity index (χ2n) is 9.49. The standard InChI is InChI=1S/C26H27BrF6N2O3/c1-14(2)38-24(37)34-7-5-6-22(20-8-15(3)9-21(27)23(20)34)35(16(4)36)13-17-10-18(25(28,29)30)12-19(11-17)26(31,32)33/h8-12,14,22H,5-7,13H2,1-4H3. The molecule has 1 atom stereocenters. The first kappa shape index (κ1) is 29.8. The van der Waals surface area contributed by atoms with Gasteiger partial charge in [0.1, 0.15) is 0 Å². The molecule has 1 unspecified atom stereocenters. The molecular formula is C26H27BrF6N2O3. The Morgan fingerprint density at radius 1 is 1.05 bits per heavy atom. The largest absolute Gasteiger partial charge is 0.446 e. The van der Waals surface area contributed by atoms with Gasteiger partial charge in [0.15, 0.2) is 0 Å². The summed E-state index contributed by atoms with van der Waals surface area (Å²) in [6.45, 7) is 6.15. The van der Waals surface area contributed by atoms with Gasteiger partial charge < -0.3 is 9.64 Å². The molecule has 0 aromatic heterocycles. The zero-order valence-electron chi connectivity index (χ0n) is 21.1. The Balaban J connectivity index is 2.13. The van der Waals surface area contributed by atoms with Crippen molar-refractivity contribution in [2.75, 3.05) is 11.4 Å². The van der Waals surface area contributed by atoms with Gasteiger partial charge in [0, 0.05) is 24.5 Å². The van der Waals surface area contributed by atoms with Crippen LogP contribution in [0.5, 0.6) is 0 Å². The van der Waals surface area contributed by atoms with Crippen molar-refractivity contribution in [3.8, 4) is 0 Å². The number of nitrogens with zero attached hydrogens (tertiary/aromatic N) is 2. The quantitative estimate of drug-likeness (QED) is 0.330. The van der Waals surface area contributed by atoms with Crippen molar-refractivity contribution >= 4 is 33.6 Å². The molecule has 0 saturated carbocycles. The number of hydrogen-bond donors (Lipinski definition) is 0. The van der Waals surface area contributed by atoms with E-state index in [-0.39, 0.29) is 18.2 Å². The maximum atomic E-state index is 13.4. The molecule has 0 radical (unpaired) electrons. The molecule has 5 nitrogen and oxygen atoms in total. The van der Waals surface area contributed by atoms with E-state index >= 15 is 0 Å². The number of aryl methyl sites for hydroxylation is 1. The minimum atomic E-state index is -5.01. The topological polar surface area (TPSA) is 49.9 Å². The Hall–Kier alpha value is -2.76. The Morgan fingerprint density at radius 2 is 1.63 bits per heavy atom. The number of rotatable bonds is 4. The summed E-state index contributed by atoms with van der Waals surface area (Å²) in [7, 11) is 0. The van der Waals surface area contributed by atoms with E-state index in [4.69, 9.17) is 4.74 Å². The molecule has 0 aliphatic carbocycles. The molecule has 0 fully saturated rings. The molecular weight excluding hydrogens is 582 g/mol. The Morgan fingerprint density at radius 3 is 2.13 bits per heavy atom. The summed E-state index contributed by atoms with van der Waals surface area (Å²) in [6.07, 6.45) is -10.3. The Labute approximate surface area is 224 Å². The van der Waals surface area contributed by atoms with Crippen molar-refractivity contribution < 1.29 is 40.7 Å². The van der Waals surface area contributed by atoms with Crippen LogP contribution in [0.15, 0.2) is 34.8 Å². The highest BCUT2D eigenvalue weighted by molar-refractivity contribution is 9.10. The van der Waals surface area contributed by atoms with E-state index in [1.54, 1.807) is 32.9 Å². The predicted octanol–water partition coefficient (Wildman–Crippen LogP) is 8.03. The summed E-state index contributed by atoms with van der Waals surface area (Å²) < 4.78 is 86.5. The lowest BCUT2D eigenvalue weighted by Gasteiger charge is -2.33. The highest BCUT2D eigenvalue weighted by Gasteiger charge is 2.38. The van der Waals surface area contributed by atoms with E-state index in [1.807, 2.05) is 0 Å². The normalized spacial score (nSPS) is 16.2. The monoisotopic (exact) mass is 608 g/mol. The number of anilines is 1. The van der Waals surface area contributed by atoms with Gasteiger partial charge in [0.2, 0.25) is 5.91 Å². The van der Waals surface area contributed by atoms with Gasteiger partial charge in [-0.15, -0.1) is 0 Å². The van der Waals surface area contributed by atoms with Crippen LogP contribution >= 0.6 is 15.9 Å². The van der Waals surface area contributed by atoms with Crippen LogP contribution in [0.1, 0.15) is 67.5 Å². The zero-order chi connectivity index (χ0) is 28.6. The van der Waals surface area contributed by atoms with E-state index in [0.29, 0.717) is 40.7 Å². The average molecular weight is 609 g/mol. The average Bonchev–Trinajstić information content (AvgIpc) is 2.95. The number of benzene rings is 2. The van der Waals surface area contributed by atoms with Crippen LogP contribution in [0.25, 0.3) is 0 Å². The van der Waals surface area contributed by atoms with Crippen LogP contribution in [0, 0.1) is 6.92 Å². The lowest BCUT2D eigenvalue weighted by atomic mass is 9.96. The molecule has 2 amide bonds. The molecule has 12 heteroatoms. The molecule has 0 saturated heterocycles. The number of alkyl halides is 6. The molecule has 2 aromatic rings. The molecule has 38 heavy (non-hydrogen) atoms. The van der Waals surface area contributed by atoms with Crippen molar-refractivity contribution in [1.29, 1.82) is 0 Å². The molecule has 0 spiro atoms. The van der Waals surface area contributed by atoms with Crippen LogP contribution in [-0.2, 0) is 28.4 Å². The smallest absolute Gasteiger partial charge is 0.416 e. The SMILES string of the molecule is CC(=O)N(Cc1cc(C(F)(F)F)cc(C(F)(F)F)c1)C1CCCN(C(=O)OC(C)C)c2c(Br)cc(C)cc21. The van der Waals surface area contributed by atoms with Gasteiger partial charge in [-0.05, 0) is 90.5 Å². The van der Waals surface area contributed by atoms with Crippen molar-refractivity contribution in [1.82, 2.24) is 4.90 Å². The third-order valence-corrected chi connectivity index (χ3v) is 6.67. The number of carbonyl (C=O) groups excluding carboxylic acids is 2. The fourth-order valence-corrected chi connectivity index (χ4v) is 5.33. The van der Waals surface area contributed by atoms with Crippen LogP contribution < -0.4 is 4.90 Å². The van der Waals surface area contributed by atoms with E-state index in [2.05, 4.69) is 15.9 Å². The minimum absolute atomic E-state index is 0.0568. The van der Waals surface area contributed by atoms with Gasteiger partial charge >= 0.3 is 18.4 Å². The molecule has 2 aromatic carbocycles. The third kappa shape index (κ3) is 6.81. The summed E-state index contributed by atoms with van der Waals surface area (Å²) in [6, 6.07) is 4.12. The first-order valence-corrected chi connectivity index (χ1v) is 12.6. The first-order valence-electron chi connectivity index (χ1n) is 11.8. The number of fused-ring (bicyclic) bond motifs is 1. The molecule has 1 aliphatic heterocycles. The summed E-state index contributed by atoms with van der Waals surface area (Å²) in [5, 5.41) is 0. The van der Waals surface area contributed by atoms with Crippen molar-refractivity contribution in [3.63, 3.8) is 0 Å². The second kappa shape index (κ2) is 11.2. The van der Waals surface area contributed by atoms with Crippen LogP contribution in [-0.4, -0.2) is 29.5 Å². The zero-order valence-corrected chi connectivity index (χ0v) is 22.7. The molecule has 3 rings (SSSR count). The van der Waals surface area contributed by atoms with Gasteiger partial charge in [0.05, 0.1) is 29.0 Å². The lowest BCUT2D eigenvalue weighted by molar-refractivity contribution is -0.143. The van der Waals surface area contributed by atoms with Gasteiger partial charge in [-0.3, -0.25) is 9.69 Å². The number of halogens is 7. The number of hydrogen-bond acceptors (Lipinski definition) is 3. The highest BCUT2D eigenvalue weighted by atomic mass is 79.9. The molecule has 1 heterocycles. The number of ether oxygens (including phenoxy) is 1. The molecule has 0 N–H and O–H groups in total. The van der Waals surface area contributed by atoms with E-state index in [9.17, 15) is 35.9 Å². The molecule has 208 valence electrons. The maximum Gasteiger partial charge on any atom is 0.416 e. The summed E-state index contributed by atoms with van der Waals surface area (Å²) >= 11 is 3.48. The number of carbonyl (C=O) groups is 2. The Bertz CT molecular complexity index is 1180. The highest BCUT2D eigenvalue weighted by Crippen LogP contribution is 2.43. The van der Waals surface area contributed by atoms with Gasteiger partial charge in [-0.1, -0.05) is 6.07 Å². The van der Waals surface area contributed by atoms with E-state index in [0.717, 1.165) is 5.56 Å². The predicted molar refractivity (Wildman–Crippen MR) is 132 cm³/mol. The van der Waals surface area contributed by atoms with Crippen molar-refractivity contribution in [3.05, 3.63) is 62.6 Å².